The summed E-state index contributed by atoms with van der Waals surface area (Å²) in [6.45, 7) is 0. The Kier molecular flexibility index (Phi) is 3.66. The fraction of sp³-hybridized carbons (Fsp3) is 0.0909. The van der Waals surface area contributed by atoms with Crippen LogP contribution in [0.25, 0.3) is 0 Å². The summed E-state index contributed by atoms with van der Waals surface area (Å²) in [6.07, 6.45) is 3.27. The molecule has 17 heavy (non-hydrogen) atoms. The summed E-state index contributed by atoms with van der Waals surface area (Å²) in [6, 6.07) is 5.28. The van der Waals surface area contributed by atoms with Gasteiger partial charge in [0, 0.05) is 12.7 Å². The molecule has 0 aliphatic heterocycles. The molecule has 2 aromatic rings. The summed E-state index contributed by atoms with van der Waals surface area (Å²) in [5.74, 6) is 1.32. The van der Waals surface area contributed by atoms with Gasteiger partial charge in [-0.15, -0.1) is 0 Å². The fourth-order valence-electron chi connectivity index (χ4n) is 1.27. The zero-order valence-electron chi connectivity index (χ0n) is 9.04. The first-order valence-corrected chi connectivity index (χ1v) is 5.66. The first-order valence-electron chi connectivity index (χ1n) is 4.91. The molecule has 0 amide bonds. The maximum atomic E-state index is 5.92. The maximum absolute atomic E-state index is 5.92. The van der Waals surface area contributed by atoms with Crippen molar-refractivity contribution < 1.29 is 0 Å². The molecule has 0 bridgehead atoms. The molecule has 0 unspecified atom stereocenters. The predicted molar refractivity (Wildman–Crippen MR) is 71.3 cm³/mol. The molecule has 1 aromatic carbocycles. The number of nitrogens with zero attached hydrogens (tertiary/aromatic N) is 2. The van der Waals surface area contributed by atoms with Crippen molar-refractivity contribution in [2.75, 3.05) is 17.7 Å². The number of halogens is 2. The summed E-state index contributed by atoms with van der Waals surface area (Å²) in [7, 11) is 1.78. The van der Waals surface area contributed by atoms with E-state index in [4.69, 9.17) is 23.2 Å². The summed E-state index contributed by atoms with van der Waals surface area (Å²) >= 11 is 11.8. The van der Waals surface area contributed by atoms with Gasteiger partial charge in [0.1, 0.15) is 5.82 Å². The molecule has 88 valence electrons. The Hall–Kier alpha value is -1.52. The minimum Gasteiger partial charge on any atom is -0.372 e. The van der Waals surface area contributed by atoms with E-state index in [-0.39, 0.29) is 0 Å². The monoisotopic (exact) mass is 268 g/mol. The van der Waals surface area contributed by atoms with Crippen LogP contribution in [0.15, 0.2) is 30.6 Å². The molecule has 0 aliphatic carbocycles. The van der Waals surface area contributed by atoms with Crippen LogP contribution in [-0.2, 0) is 0 Å². The van der Waals surface area contributed by atoms with Crippen molar-refractivity contribution >= 4 is 40.5 Å². The fourth-order valence-corrected chi connectivity index (χ4v) is 1.57. The van der Waals surface area contributed by atoms with Crippen LogP contribution in [0.1, 0.15) is 0 Å². The lowest BCUT2D eigenvalue weighted by atomic mass is 10.3. The predicted octanol–water partition coefficient (Wildman–Crippen LogP) is 3.57. The number of nitrogens with one attached hydrogen (secondary N) is 2. The van der Waals surface area contributed by atoms with E-state index in [1.807, 2.05) is 6.07 Å². The Balaban J connectivity index is 2.22. The number of hydrogen-bond donors (Lipinski definition) is 2. The third kappa shape index (κ3) is 2.99. The average Bonchev–Trinajstić information content (AvgIpc) is 2.34. The first kappa shape index (κ1) is 12.0. The highest BCUT2D eigenvalue weighted by molar-refractivity contribution is 6.42. The molecule has 0 spiro atoms. The lowest BCUT2D eigenvalue weighted by Crippen LogP contribution is -1.98. The molecule has 1 heterocycles. The zero-order chi connectivity index (χ0) is 12.3. The number of anilines is 3. The molecule has 0 aliphatic rings. The van der Waals surface area contributed by atoms with Gasteiger partial charge >= 0.3 is 0 Å². The van der Waals surface area contributed by atoms with E-state index in [2.05, 4.69) is 20.6 Å². The third-order valence-corrected chi connectivity index (χ3v) is 2.82. The second-order valence-corrected chi connectivity index (χ2v) is 4.11. The van der Waals surface area contributed by atoms with Gasteiger partial charge in [-0.2, -0.15) is 0 Å². The topological polar surface area (TPSA) is 49.8 Å². The molecule has 6 heteroatoms. The van der Waals surface area contributed by atoms with Crippen molar-refractivity contribution in [1.29, 1.82) is 0 Å². The molecular weight excluding hydrogens is 259 g/mol. The first-order chi connectivity index (χ1) is 8.19. The molecule has 0 radical (unpaired) electrons. The van der Waals surface area contributed by atoms with Crippen LogP contribution >= 0.6 is 23.2 Å². The van der Waals surface area contributed by atoms with Gasteiger partial charge in [0.2, 0.25) is 0 Å². The van der Waals surface area contributed by atoms with Crippen LogP contribution in [-0.4, -0.2) is 17.0 Å². The minimum atomic E-state index is 0.495. The van der Waals surface area contributed by atoms with E-state index < -0.39 is 0 Å². The van der Waals surface area contributed by atoms with E-state index in [9.17, 15) is 0 Å². The maximum Gasteiger partial charge on any atom is 0.151 e. The summed E-state index contributed by atoms with van der Waals surface area (Å²) in [4.78, 5) is 8.32. The summed E-state index contributed by atoms with van der Waals surface area (Å²) in [5.41, 5.74) is 0.807. The lowest BCUT2D eigenvalue weighted by Gasteiger charge is -2.07. The van der Waals surface area contributed by atoms with Gasteiger partial charge in [-0.05, 0) is 18.2 Å². The van der Waals surface area contributed by atoms with Crippen molar-refractivity contribution in [2.24, 2.45) is 0 Å². The molecular formula is C11H10Cl2N4. The van der Waals surface area contributed by atoms with Gasteiger partial charge in [-0.3, -0.25) is 4.98 Å². The number of benzene rings is 1. The van der Waals surface area contributed by atoms with Crippen molar-refractivity contribution in [3.05, 3.63) is 40.6 Å². The van der Waals surface area contributed by atoms with E-state index in [0.29, 0.717) is 21.7 Å². The molecule has 4 nitrogen and oxygen atoms in total. The minimum absolute atomic E-state index is 0.495. The number of hydrogen-bond acceptors (Lipinski definition) is 4. The molecule has 0 saturated heterocycles. The van der Waals surface area contributed by atoms with Gasteiger partial charge < -0.3 is 10.6 Å². The van der Waals surface area contributed by atoms with Crippen LogP contribution in [0.3, 0.4) is 0 Å². The standard InChI is InChI=1S/C11H10Cl2N4/c1-14-10-5-15-6-11(17-10)16-7-2-3-8(12)9(13)4-7/h2-6H,1H3,(H2,14,16,17). The second-order valence-electron chi connectivity index (χ2n) is 3.29. The van der Waals surface area contributed by atoms with E-state index >= 15 is 0 Å². The Bertz CT molecular complexity index is 531. The van der Waals surface area contributed by atoms with Crippen LogP contribution in [0, 0.1) is 0 Å². The number of rotatable bonds is 3. The third-order valence-electron chi connectivity index (χ3n) is 2.08. The van der Waals surface area contributed by atoms with E-state index in [1.165, 1.54) is 0 Å². The van der Waals surface area contributed by atoms with Gasteiger partial charge in [0.05, 0.1) is 22.4 Å². The quantitative estimate of drug-likeness (QED) is 0.894. The molecule has 1 aromatic heterocycles. The number of aromatic nitrogens is 2. The van der Waals surface area contributed by atoms with Crippen LogP contribution in [0.4, 0.5) is 17.3 Å². The highest BCUT2D eigenvalue weighted by Crippen LogP contribution is 2.26. The van der Waals surface area contributed by atoms with Gasteiger partial charge in [0.25, 0.3) is 0 Å². The molecule has 2 N–H and O–H groups in total. The Morgan fingerprint density at radius 3 is 2.53 bits per heavy atom. The second kappa shape index (κ2) is 5.21. The van der Waals surface area contributed by atoms with Crippen molar-refractivity contribution in [3.63, 3.8) is 0 Å². The highest BCUT2D eigenvalue weighted by atomic mass is 35.5. The lowest BCUT2D eigenvalue weighted by molar-refractivity contribution is 1.18. The van der Waals surface area contributed by atoms with Crippen LogP contribution in [0.5, 0.6) is 0 Å². The molecule has 0 saturated carbocycles. The largest absolute Gasteiger partial charge is 0.372 e. The van der Waals surface area contributed by atoms with Gasteiger partial charge in [-0.1, -0.05) is 23.2 Å². The molecule has 0 fully saturated rings. The van der Waals surface area contributed by atoms with Gasteiger partial charge in [-0.25, -0.2) is 4.98 Å². The van der Waals surface area contributed by atoms with Crippen molar-refractivity contribution in [1.82, 2.24) is 9.97 Å². The van der Waals surface area contributed by atoms with Crippen molar-refractivity contribution in [2.45, 2.75) is 0 Å². The SMILES string of the molecule is CNc1cncc(Nc2ccc(Cl)c(Cl)c2)n1. The Morgan fingerprint density at radius 2 is 1.82 bits per heavy atom. The van der Waals surface area contributed by atoms with E-state index in [1.54, 1.807) is 31.6 Å². The average molecular weight is 269 g/mol. The van der Waals surface area contributed by atoms with Crippen molar-refractivity contribution in [3.8, 4) is 0 Å². The zero-order valence-corrected chi connectivity index (χ0v) is 10.5. The van der Waals surface area contributed by atoms with Crippen LogP contribution < -0.4 is 10.6 Å². The summed E-state index contributed by atoms with van der Waals surface area (Å²) in [5, 5.41) is 7.02. The molecule has 2 rings (SSSR count). The highest BCUT2D eigenvalue weighted by Gasteiger charge is 2.01. The Morgan fingerprint density at radius 1 is 1.06 bits per heavy atom. The normalized spacial score (nSPS) is 10.1. The van der Waals surface area contributed by atoms with Crippen LogP contribution in [0.2, 0.25) is 10.0 Å². The summed E-state index contributed by atoms with van der Waals surface area (Å²) < 4.78 is 0. The smallest absolute Gasteiger partial charge is 0.151 e. The Labute approximate surface area is 109 Å². The molecule has 0 atom stereocenters. The van der Waals surface area contributed by atoms with Gasteiger partial charge in [0.15, 0.2) is 5.82 Å². The van der Waals surface area contributed by atoms with E-state index in [0.717, 1.165) is 5.69 Å².